The molecule has 212 valence electrons. The molecule has 2 N–H and O–H groups in total. The van der Waals surface area contributed by atoms with Crippen LogP contribution in [-0.4, -0.2) is 70.5 Å². The van der Waals surface area contributed by atoms with E-state index in [1.807, 2.05) is 29.2 Å². The van der Waals surface area contributed by atoms with E-state index in [-0.39, 0.29) is 18.4 Å². The van der Waals surface area contributed by atoms with Crippen LogP contribution < -0.4 is 10.1 Å². The highest BCUT2D eigenvalue weighted by Crippen LogP contribution is 2.25. The maximum absolute atomic E-state index is 12.8. The van der Waals surface area contributed by atoms with Crippen LogP contribution in [0.1, 0.15) is 52.6 Å². The van der Waals surface area contributed by atoms with Crippen LogP contribution in [0, 0.1) is 5.92 Å². The quantitative estimate of drug-likeness (QED) is 0.402. The van der Waals surface area contributed by atoms with Crippen LogP contribution in [-0.2, 0) is 30.8 Å². The number of carbonyl (C=O) groups excluding carboxylic acids is 2. The summed E-state index contributed by atoms with van der Waals surface area (Å²) in [5, 5.41) is 13.6. The molecule has 1 aromatic heterocycles. The lowest BCUT2D eigenvalue weighted by atomic mass is 9.89. The van der Waals surface area contributed by atoms with Gasteiger partial charge in [-0.3, -0.25) is 14.5 Å². The molecule has 9 heteroatoms. The fraction of sp³-hybridized carbons (Fsp3) is 0.452. The van der Waals surface area contributed by atoms with E-state index >= 15 is 0 Å². The van der Waals surface area contributed by atoms with Crippen LogP contribution in [0.25, 0.3) is 0 Å². The SMILES string of the molecule is CC(=O)N1CCC(Cc2cccc(C(=O)NC[C@H](O)CN3CCc4cc(OCc5cnco5)ccc4C3)c2)CC1. The first kappa shape index (κ1) is 27.9. The molecule has 0 bridgehead atoms. The van der Waals surface area contributed by atoms with Gasteiger partial charge in [0.2, 0.25) is 5.91 Å². The number of aromatic nitrogens is 1. The molecule has 5 rings (SSSR count). The summed E-state index contributed by atoms with van der Waals surface area (Å²) in [5.74, 6) is 1.97. The Morgan fingerprint density at radius 3 is 2.77 bits per heavy atom. The van der Waals surface area contributed by atoms with Gasteiger partial charge in [-0.15, -0.1) is 0 Å². The lowest BCUT2D eigenvalue weighted by molar-refractivity contribution is -0.130. The van der Waals surface area contributed by atoms with Crippen molar-refractivity contribution in [2.45, 2.75) is 51.9 Å². The van der Waals surface area contributed by atoms with Crippen molar-refractivity contribution in [2.75, 3.05) is 32.7 Å². The number of likely N-dealkylation sites (tertiary alicyclic amines) is 1. The van der Waals surface area contributed by atoms with Gasteiger partial charge in [-0.1, -0.05) is 18.2 Å². The lowest BCUT2D eigenvalue weighted by Crippen LogP contribution is -2.42. The van der Waals surface area contributed by atoms with Crippen LogP contribution in [0.15, 0.2) is 59.5 Å². The first-order valence-electron chi connectivity index (χ1n) is 14.1. The number of hydrogen-bond donors (Lipinski definition) is 2. The number of rotatable bonds is 10. The highest BCUT2D eigenvalue weighted by molar-refractivity contribution is 5.94. The van der Waals surface area contributed by atoms with Crippen molar-refractivity contribution in [1.29, 1.82) is 0 Å². The minimum absolute atomic E-state index is 0.143. The van der Waals surface area contributed by atoms with Crippen molar-refractivity contribution in [1.82, 2.24) is 20.1 Å². The van der Waals surface area contributed by atoms with Gasteiger partial charge in [0.05, 0.1) is 12.3 Å². The topological polar surface area (TPSA) is 108 Å². The molecule has 0 unspecified atom stereocenters. The van der Waals surface area contributed by atoms with Gasteiger partial charge in [-0.05, 0) is 72.6 Å². The molecule has 40 heavy (non-hydrogen) atoms. The third-order valence-electron chi connectivity index (χ3n) is 7.87. The number of benzene rings is 2. The Bertz CT molecular complexity index is 1290. The monoisotopic (exact) mass is 546 g/mol. The second-order valence-corrected chi connectivity index (χ2v) is 10.9. The Labute approximate surface area is 235 Å². The van der Waals surface area contributed by atoms with E-state index < -0.39 is 6.10 Å². The first-order valence-corrected chi connectivity index (χ1v) is 14.1. The maximum atomic E-state index is 12.8. The number of aliphatic hydroxyl groups excluding tert-OH is 1. The number of amides is 2. The maximum Gasteiger partial charge on any atom is 0.251 e. The van der Waals surface area contributed by atoms with Gasteiger partial charge >= 0.3 is 0 Å². The summed E-state index contributed by atoms with van der Waals surface area (Å²) in [6.45, 7) is 5.84. The zero-order chi connectivity index (χ0) is 27.9. The van der Waals surface area contributed by atoms with E-state index in [1.165, 1.54) is 17.5 Å². The van der Waals surface area contributed by atoms with Crippen LogP contribution in [0.2, 0.25) is 0 Å². The number of fused-ring (bicyclic) bond motifs is 1. The van der Waals surface area contributed by atoms with E-state index in [1.54, 1.807) is 13.1 Å². The summed E-state index contributed by atoms with van der Waals surface area (Å²) in [7, 11) is 0. The molecule has 1 saturated heterocycles. The highest BCUT2D eigenvalue weighted by Gasteiger charge is 2.22. The predicted molar refractivity (Wildman–Crippen MR) is 150 cm³/mol. The van der Waals surface area contributed by atoms with Gasteiger partial charge in [0, 0.05) is 51.8 Å². The summed E-state index contributed by atoms with van der Waals surface area (Å²) >= 11 is 0. The number of aliphatic hydroxyl groups is 1. The number of carbonyl (C=O) groups is 2. The van der Waals surface area contributed by atoms with Crippen molar-refractivity contribution < 1.29 is 23.8 Å². The lowest BCUT2D eigenvalue weighted by Gasteiger charge is -2.31. The molecule has 2 aliphatic rings. The predicted octanol–water partition coefficient (Wildman–Crippen LogP) is 3.20. The Morgan fingerprint density at radius 1 is 1.15 bits per heavy atom. The molecule has 0 spiro atoms. The molecular weight excluding hydrogens is 508 g/mol. The standard InChI is InChI=1S/C31H38N4O5/c1-22(36)35-11-7-23(8-12-35)13-24-3-2-4-26(14-24)31(38)33-16-28(37)19-34-10-9-25-15-29(6-5-27(25)18-34)39-20-30-17-32-21-40-30/h2-6,14-15,17,21,23,28,37H,7-13,16,18-20H2,1H3,(H,33,38)/t28-/m0/s1. The van der Waals surface area contributed by atoms with Crippen LogP contribution >= 0.6 is 0 Å². The van der Waals surface area contributed by atoms with Crippen molar-refractivity contribution in [3.05, 3.63) is 83.1 Å². The molecule has 2 amide bonds. The highest BCUT2D eigenvalue weighted by atomic mass is 16.5. The Kier molecular flexibility index (Phi) is 9.13. The molecule has 0 saturated carbocycles. The van der Waals surface area contributed by atoms with Gasteiger partial charge in [-0.2, -0.15) is 0 Å². The Balaban J connectivity index is 1.05. The molecule has 9 nitrogen and oxygen atoms in total. The summed E-state index contributed by atoms with van der Waals surface area (Å²) in [4.78, 5) is 32.4. The first-order chi connectivity index (χ1) is 19.4. The summed E-state index contributed by atoms with van der Waals surface area (Å²) < 4.78 is 11.0. The number of piperidine rings is 1. The van der Waals surface area contributed by atoms with Crippen LogP contribution in [0.4, 0.5) is 0 Å². The number of ether oxygens (including phenoxy) is 1. The van der Waals surface area contributed by atoms with E-state index in [2.05, 4.69) is 33.4 Å². The van der Waals surface area contributed by atoms with Gasteiger partial charge in [-0.25, -0.2) is 4.98 Å². The number of β-amino-alcohol motifs (C(OH)–C–C–N with tert-alkyl or cyclic N) is 1. The molecule has 1 fully saturated rings. The molecule has 1 atom stereocenters. The third kappa shape index (κ3) is 7.49. The molecule has 0 aliphatic carbocycles. The molecule has 3 heterocycles. The zero-order valence-corrected chi connectivity index (χ0v) is 23.1. The third-order valence-corrected chi connectivity index (χ3v) is 7.87. The summed E-state index contributed by atoms with van der Waals surface area (Å²) in [6, 6.07) is 13.8. The smallest absolute Gasteiger partial charge is 0.251 e. The number of oxazole rings is 1. The minimum atomic E-state index is -0.662. The Hall–Kier alpha value is -3.69. The summed E-state index contributed by atoms with van der Waals surface area (Å²) in [6.07, 6.45) is 6.12. The van der Waals surface area contributed by atoms with Crippen molar-refractivity contribution in [2.24, 2.45) is 5.92 Å². The van der Waals surface area contributed by atoms with E-state index in [9.17, 15) is 14.7 Å². The number of nitrogens with zero attached hydrogens (tertiary/aromatic N) is 3. The largest absolute Gasteiger partial charge is 0.486 e. The Morgan fingerprint density at radius 2 is 2.00 bits per heavy atom. The molecule has 2 aromatic carbocycles. The average molecular weight is 547 g/mol. The average Bonchev–Trinajstić information content (AvgIpc) is 3.49. The van der Waals surface area contributed by atoms with Crippen molar-refractivity contribution in [3.63, 3.8) is 0 Å². The summed E-state index contributed by atoms with van der Waals surface area (Å²) in [5.41, 5.74) is 4.21. The van der Waals surface area contributed by atoms with Crippen molar-refractivity contribution in [3.8, 4) is 5.75 Å². The van der Waals surface area contributed by atoms with Gasteiger partial charge in [0.25, 0.3) is 5.91 Å². The van der Waals surface area contributed by atoms with E-state index in [0.717, 1.165) is 63.2 Å². The van der Waals surface area contributed by atoms with Crippen molar-refractivity contribution >= 4 is 11.8 Å². The van der Waals surface area contributed by atoms with E-state index in [4.69, 9.17) is 9.15 Å². The van der Waals surface area contributed by atoms with Crippen LogP contribution in [0.3, 0.4) is 0 Å². The second kappa shape index (κ2) is 13.1. The normalized spacial score (nSPS) is 16.8. The zero-order valence-electron chi connectivity index (χ0n) is 23.1. The molecule has 2 aliphatic heterocycles. The van der Waals surface area contributed by atoms with Gasteiger partial charge < -0.3 is 24.5 Å². The second-order valence-electron chi connectivity index (χ2n) is 10.9. The van der Waals surface area contributed by atoms with Crippen LogP contribution in [0.5, 0.6) is 5.75 Å². The minimum Gasteiger partial charge on any atom is -0.486 e. The van der Waals surface area contributed by atoms with Gasteiger partial charge in [0.15, 0.2) is 12.2 Å². The molecule has 3 aromatic rings. The fourth-order valence-corrected chi connectivity index (χ4v) is 5.60. The molecular formula is C31H38N4O5. The number of nitrogens with one attached hydrogen (secondary N) is 1. The number of hydrogen-bond acceptors (Lipinski definition) is 7. The van der Waals surface area contributed by atoms with E-state index in [0.29, 0.717) is 30.4 Å². The molecule has 0 radical (unpaired) electrons. The van der Waals surface area contributed by atoms with Gasteiger partial charge in [0.1, 0.15) is 12.4 Å². The fourth-order valence-electron chi connectivity index (χ4n) is 5.60.